The minimum Gasteiger partial charge on any atom is -0.485 e. The van der Waals surface area contributed by atoms with E-state index in [4.69, 9.17) is 4.74 Å². The lowest BCUT2D eigenvalue weighted by Gasteiger charge is -2.29. The Kier molecular flexibility index (Phi) is 7.69. The van der Waals surface area contributed by atoms with E-state index in [0.29, 0.717) is 0 Å². The lowest BCUT2D eigenvalue weighted by molar-refractivity contribution is 0.272. The monoisotopic (exact) mass is 731 g/mol. The van der Waals surface area contributed by atoms with Crippen molar-refractivity contribution in [2.75, 3.05) is 4.90 Å². The number of anilines is 3. The van der Waals surface area contributed by atoms with Gasteiger partial charge >= 0.3 is 0 Å². The largest absolute Gasteiger partial charge is 0.485 e. The average molecular weight is 732 g/mol. The van der Waals surface area contributed by atoms with E-state index in [0.717, 1.165) is 22.8 Å². The van der Waals surface area contributed by atoms with Gasteiger partial charge in [-0.1, -0.05) is 166 Å². The molecule has 57 heavy (non-hydrogen) atoms. The number of hydrogen-bond donors (Lipinski definition) is 0. The Balaban J connectivity index is 1.01. The first-order valence-electron chi connectivity index (χ1n) is 20.0. The summed E-state index contributed by atoms with van der Waals surface area (Å²) in [6.45, 7) is 4.71. The fourth-order valence-electron chi connectivity index (χ4n) is 9.69. The quantitative estimate of drug-likeness (QED) is 0.169. The maximum Gasteiger partial charge on any atom is 0.128 e. The first-order chi connectivity index (χ1) is 28.0. The molecule has 0 radical (unpaired) electrons. The van der Waals surface area contributed by atoms with Crippen LogP contribution in [-0.4, -0.2) is 6.10 Å². The van der Waals surface area contributed by atoms with Crippen molar-refractivity contribution in [3.8, 4) is 39.1 Å². The Morgan fingerprint density at radius 3 is 1.93 bits per heavy atom. The minimum atomic E-state index is -0.105. The predicted octanol–water partition coefficient (Wildman–Crippen LogP) is 14.4. The molecular formula is C55H41NO. The van der Waals surface area contributed by atoms with Crippen LogP contribution in [0.2, 0.25) is 0 Å². The summed E-state index contributed by atoms with van der Waals surface area (Å²) in [5, 5.41) is 2.51. The third kappa shape index (κ3) is 5.39. The summed E-state index contributed by atoms with van der Waals surface area (Å²) < 4.78 is 6.80. The van der Waals surface area contributed by atoms with Crippen molar-refractivity contribution >= 4 is 33.4 Å². The van der Waals surface area contributed by atoms with Crippen LogP contribution in [0.1, 0.15) is 42.0 Å². The van der Waals surface area contributed by atoms with Crippen LogP contribution in [0.15, 0.2) is 200 Å². The van der Waals surface area contributed by atoms with Crippen LogP contribution < -0.4 is 9.64 Å². The van der Waals surface area contributed by atoms with Crippen LogP contribution in [0.5, 0.6) is 5.75 Å². The zero-order valence-corrected chi connectivity index (χ0v) is 32.1. The summed E-state index contributed by atoms with van der Waals surface area (Å²) in [5.41, 5.74) is 17.2. The Hall–Kier alpha value is -6.90. The molecule has 2 aliphatic carbocycles. The van der Waals surface area contributed by atoms with Crippen LogP contribution in [0, 0.1) is 0 Å². The summed E-state index contributed by atoms with van der Waals surface area (Å²) in [5.74, 6) is 1.06. The normalized spacial score (nSPS) is 16.9. The summed E-state index contributed by atoms with van der Waals surface area (Å²) in [7, 11) is 0. The van der Waals surface area contributed by atoms with Gasteiger partial charge in [-0.15, -0.1) is 0 Å². The first kappa shape index (κ1) is 33.4. The van der Waals surface area contributed by atoms with Gasteiger partial charge in [-0.2, -0.15) is 0 Å². The molecule has 0 amide bonds. The number of benzene rings is 8. The summed E-state index contributed by atoms with van der Waals surface area (Å²) in [4.78, 5) is 2.42. The van der Waals surface area contributed by atoms with E-state index in [1.807, 2.05) is 0 Å². The van der Waals surface area contributed by atoms with Crippen molar-refractivity contribution in [2.45, 2.75) is 31.3 Å². The first-order valence-corrected chi connectivity index (χ1v) is 20.0. The molecule has 0 spiro atoms. The molecule has 272 valence electrons. The fourth-order valence-corrected chi connectivity index (χ4v) is 9.69. The Morgan fingerprint density at radius 1 is 0.474 bits per heavy atom. The van der Waals surface area contributed by atoms with E-state index in [-0.39, 0.29) is 17.4 Å². The zero-order valence-electron chi connectivity index (χ0n) is 32.1. The van der Waals surface area contributed by atoms with Crippen molar-refractivity contribution in [1.29, 1.82) is 0 Å². The molecule has 2 nitrogen and oxygen atoms in total. The lowest BCUT2D eigenvalue weighted by atomic mass is 9.79. The molecule has 3 aliphatic rings. The van der Waals surface area contributed by atoms with Crippen molar-refractivity contribution in [1.82, 2.24) is 0 Å². The van der Waals surface area contributed by atoms with Gasteiger partial charge in [-0.05, 0) is 115 Å². The van der Waals surface area contributed by atoms with Crippen molar-refractivity contribution in [3.05, 3.63) is 222 Å². The number of allylic oxidation sites excluding steroid dienone is 2. The van der Waals surface area contributed by atoms with Crippen LogP contribution in [-0.2, 0) is 5.41 Å². The third-order valence-corrected chi connectivity index (χ3v) is 12.4. The molecule has 1 aliphatic heterocycles. The van der Waals surface area contributed by atoms with Gasteiger partial charge in [0.25, 0.3) is 0 Å². The molecule has 0 saturated heterocycles. The highest BCUT2D eigenvalue weighted by molar-refractivity contribution is 6.02. The number of hydrogen-bond acceptors (Lipinski definition) is 2. The van der Waals surface area contributed by atoms with Crippen LogP contribution in [0.4, 0.5) is 17.1 Å². The van der Waals surface area contributed by atoms with Crippen molar-refractivity contribution < 1.29 is 4.74 Å². The third-order valence-electron chi connectivity index (χ3n) is 12.4. The number of fused-ring (bicyclic) bond motifs is 8. The Morgan fingerprint density at radius 2 is 1.12 bits per heavy atom. The van der Waals surface area contributed by atoms with E-state index in [1.54, 1.807) is 0 Å². The van der Waals surface area contributed by atoms with Crippen LogP contribution in [0.25, 0.3) is 49.7 Å². The topological polar surface area (TPSA) is 12.5 Å². The molecule has 11 rings (SSSR count). The highest BCUT2D eigenvalue weighted by atomic mass is 16.5. The van der Waals surface area contributed by atoms with Gasteiger partial charge in [-0.3, -0.25) is 0 Å². The molecule has 2 heteroatoms. The number of ether oxygens (including phenoxy) is 1. The van der Waals surface area contributed by atoms with Gasteiger partial charge in [0.2, 0.25) is 0 Å². The van der Waals surface area contributed by atoms with E-state index in [9.17, 15) is 0 Å². The molecule has 0 N–H and O–H groups in total. The van der Waals surface area contributed by atoms with E-state index in [2.05, 4.69) is 219 Å². The molecule has 2 atom stereocenters. The zero-order chi connectivity index (χ0) is 38.1. The molecular weight excluding hydrogens is 691 g/mol. The summed E-state index contributed by atoms with van der Waals surface area (Å²) in [6, 6.07) is 66.4. The smallest absolute Gasteiger partial charge is 0.128 e. The molecule has 1 heterocycles. The SMILES string of the molecule is CC1(C)c2ccccc2-c2ccc(N(c3ccc(C4=CC=CC5Oc6cc(-c7ccccc7)c7ccccc7c6C45)cc3)c3cccc(-c4ccccc4)c3)cc21. The minimum absolute atomic E-state index is 0.0646. The van der Waals surface area contributed by atoms with Crippen LogP contribution >= 0.6 is 0 Å². The molecule has 0 fully saturated rings. The van der Waals surface area contributed by atoms with Crippen molar-refractivity contribution in [3.63, 3.8) is 0 Å². The maximum absolute atomic E-state index is 6.80. The number of rotatable bonds is 6. The molecule has 0 saturated carbocycles. The van der Waals surface area contributed by atoms with Crippen molar-refractivity contribution in [2.24, 2.45) is 0 Å². The average Bonchev–Trinajstić information content (AvgIpc) is 3.76. The maximum atomic E-state index is 6.80. The van der Waals surface area contributed by atoms with Crippen LogP contribution in [0.3, 0.4) is 0 Å². The van der Waals surface area contributed by atoms with Gasteiger partial charge in [-0.25, -0.2) is 0 Å². The Bertz CT molecular complexity index is 2900. The number of nitrogens with zero attached hydrogens (tertiary/aromatic N) is 1. The molecule has 8 aromatic carbocycles. The second-order valence-corrected chi connectivity index (χ2v) is 16.0. The van der Waals surface area contributed by atoms with E-state index >= 15 is 0 Å². The van der Waals surface area contributed by atoms with E-state index < -0.39 is 0 Å². The van der Waals surface area contributed by atoms with Gasteiger partial charge in [0.05, 0.1) is 5.92 Å². The second kappa shape index (κ2) is 13.1. The Labute approximate surface area is 334 Å². The highest BCUT2D eigenvalue weighted by Crippen LogP contribution is 2.54. The fraction of sp³-hybridized carbons (Fsp3) is 0.0909. The summed E-state index contributed by atoms with van der Waals surface area (Å²) in [6.07, 6.45) is 6.61. The summed E-state index contributed by atoms with van der Waals surface area (Å²) >= 11 is 0. The van der Waals surface area contributed by atoms with E-state index in [1.165, 1.54) is 72.0 Å². The second-order valence-electron chi connectivity index (χ2n) is 16.0. The van der Waals surface area contributed by atoms with Gasteiger partial charge in [0, 0.05) is 28.0 Å². The van der Waals surface area contributed by atoms with Gasteiger partial charge in [0.1, 0.15) is 11.9 Å². The molecule has 8 aromatic rings. The predicted molar refractivity (Wildman–Crippen MR) is 238 cm³/mol. The molecule has 2 unspecified atom stereocenters. The lowest BCUT2D eigenvalue weighted by Crippen LogP contribution is -2.19. The van der Waals surface area contributed by atoms with Gasteiger partial charge < -0.3 is 9.64 Å². The standard InChI is InChI=1S/C55H41NO/c1-55(2)49-25-12-11-22-45(49)46-32-31-42(34-50(46)55)56(41-20-13-19-39(33-41)36-15-5-3-6-16-36)40-29-27-38(28-30-40)43-24-14-26-51-53(43)54-47-23-10-9-21-44(47)48(35-52(54)57-51)37-17-7-4-8-18-37/h3-35,51,53H,1-2H3. The molecule has 0 bridgehead atoms. The van der Waals surface area contributed by atoms with Gasteiger partial charge in [0.15, 0.2) is 0 Å². The highest BCUT2D eigenvalue weighted by Gasteiger charge is 2.39. The molecule has 0 aromatic heterocycles.